The predicted octanol–water partition coefficient (Wildman–Crippen LogP) is 1.31. The summed E-state index contributed by atoms with van der Waals surface area (Å²) in [5.41, 5.74) is 0.238. The van der Waals surface area contributed by atoms with E-state index in [2.05, 4.69) is 10.5 Å². The average Bonchev–Trinajstić information content (AvgIpc) is 2.79. The van der Waals surface area contributed by atoms with Crippen molar-refractivity contribution in [3.8, 4) is 5.75 Å². The molecule has 0 aliphatic heterocycles. The highest BCUT2D eigenvalue weighted by Crippen LogP contribution is 2.15. The van der Waals surface area contributed by atoms with Crippen LogP contribution in [0.5, 0.6) is 5.75 Å². The van der Waals surface area contributed by atoms with Crippen LogP contribution in [0.4, 0.5) is 0 Å². The molecule has 0 unspecified atom stereocenters. The third kappa shape index (κ3) is 2.20. The van der Waals surface area contributed by atoms with E-state index in [1.165, 1.54) is 12.3 Å². The van der Waals surface area contributed by atoms with Crippen LogP contribution in [-0.2, 0) is 6.54 Å². The highest BCUT2D eigenvalue weighted by atomic mass is 16.5. The van der Waals surface area contributed by atoms with Crippen LogP contribution in [0.15, 0.2) is 41.1 Å². The zero-order valence-electron chi connectivity index (χ0n) is 8.38. The lowest BCUT2D eigenvalue weighted by atomic mass is 10.2. The number of aromatic nitrogens is 1. The molecule has 0 aliphatic rings. The van der Waals surface area contributed by atoms with Crippen molar-refractivity contribution in [3.63, 3.8) is 0 Å². The Morgan fingerprint density at radius 2 is 2.19 bits per heavy atom. The number of rotatable bonds is 3. The predicted molar refractivity (Wildman–Crippen MR) is 55.8 cm³/mol. The number of hydrogen-bond donors (Lipinski definition) is 2. The van der Waals surface area contributed by atoms with E-state index in [1.54, 1.807) is 24.3 Å². The Bertz CT molecular complexity index is 480. The fourth-order valence-corrected chi connectivity index (χ4v) is 1.26. The van der Waals surface area contributed by atoms with E-state index in [4.69, 9.17) is 4.52 Å². The highest BCUT2D eigenvalue weighted by molar-refractivity contribution is 5.96. The standard InChI is InChI=1S/C11H10N2O3/c14-10-4-2-1-3-9(10)11(15)12-7-8-5-6-13-16-8/h1-6,14H,7H2,(H,12,15). The van der Waals surface area contributed by atoms with Gasteiger partial charge in [-0.3, -0.25) is 4.79 Å². The van der Waals surface area contributed by atoms with Gasteiger partial charge in [0.2, 0.25) is 0 Å². The van der Waals surface area contributed by atoms with Crippen LogP contribution in [0, 0.1) is 0 Å². The van der Waals surface area contributed by atoms with E-state index in [1.807, 2.05) is 0 Å². The van der Waals surface area contributed by atoms with Crippen LogP contribution in [0.3, 0.4) is 0 Å². The van der Waals surface area contributed by atoms with Crippen LogP contribution in [0.2, 0.25) is 0 Å². The number of para-hydroxylation sites is 1. The van der Waals surface area contributed by atoms with Crippen LogP contribution < -0.4 is 5.32 Å². The second-order valence-electron chi connectivity index (χ2n) is 3.18. The summed E-state index contributed by atoms with van der Waals surface area (Å²) < 4.78 is 4.82. The molecule has 1 amide bonds. The third-order valence-electron chi connectivity index (χ3n) is 2.06. The van der Waals surface area contributed by atoms with Gasteiger partial charge in [0.15, 0.2) is 5.76 Å². The molecule has 1 aromatic heterocycles. The van der Waals surface area contributed by atoms with E-state index < -0.39 is 0 Å². The number of carbonyl (C=O) groups is 1. The molecule has 0 atom stereocenters. The van der Waals surface area contributed by atoms with E-state index in [0.717, 1.165) is 0 Å². The zero-order valence-corrected chi connectivity index (χ0v) is 8.38. The van der Waals surface area contributed by atoms with Crippen LogP contribution >= 0.6 is 0 Å². The molecule has 16 heavy (non-hydrogen) atoms. The SMILES string of the molecule is O=C(NCc1ccno1)c1ccccc1O. The quantitative estimate of drug-likeness (QED) is 0.814. The molecule has 5 heteroatoms. The first-order valence-corrected chi connectivity index (χ1v) is 4.73. The molecule has 0 bridgehead atoms. The summed E-state index contributed by atoms with van der Waals surface area (Å²) in [6, 6.07) is 8.01. The van der Waals surface area contributed by atoms with Gasteiger partial charge in [-0.05, 0) is 12.1 Å². The summed E-state index contributed by atoms with van der Waals surface area (Å²) in [6.45, 7) is 0.243. The van der Waals surface area contributed by atoms with Gasteiger partial charge in [0, 0.05) is 6.07 Å². The molecule has 2 rings (SSSR count). The van der Waals surface area contributed by atoms with Crippen LogP contribution in [0.25, 0.3) is 0 Å². The van der Waals surface area contributed by atoms with Gasteiger partial charge in [-0.25, -0.2) is 0 Å². The number of amides is 1. The largest absolute Gasteiger partial charge is 0.507 e. The van der Waals surface area contributed by atoms with Crippen molar-refractivity contribution >= 4 is 5.91 Å². The first-order chi connectivity index (χ1) is 7.77. The van der Waals surface area contributed by atoms with E-state index in [0.29, 0.717) is 5.76 Å². The molecular weight excluding hydrogens is 208 g/mol. The fraction of sp³-hybridized carbons (Fsp3) is 0.0909. The van der Waals surface area contributed by atoms with Crippen LogP contribution in [-0.4, -0.2) is 16.2 Å². The number of phenolic OH excluding ortho intramolecular Hbond substituents is 1. The molecule has 0 fully saturated rings. The number of hydrogen-bond acceptors (Lipinski definition) is 4. The zero-order chi connectivity index (χ0) is 11.4. The summed E-state index contributed by atoms with van der Waals surface area (Å²) in [6.07, 6.45) is 1.50. The van der Waals surface area contributed by atoms with Gasteiger partial charge in [0.1, 0.15) is 5.75 Å². The van der Waals surface area contributed by atoms with Gasteiger partial charge < -0.3 is 14.9 Å². The number of nitrogens with one attached hydrogen (secondary N) is 1. The molecule has 1 heterocycles. The summed E-state index contributed by atoms with van der Waals surface area (Å²) >= 11 is 0. The molecule has 1 aromatic carbocycles. The maximum absolute atomic E-state index is 11.6. The molecule has 0 saturated heterocycles. The van der Waals surface area contributed by atoms with Crippen molar-refractivity contribution in [2.75, 3.05) is 0 Å². The summed E-state index contributed by atoms with van der Waals surface area (Å²) in [5, 5.41) is 15.6. The Kier molecular flexibility index (Phi) is 2.86. The number of nitrogens with zero attached hydrogens (tertiary/aromatic N) is 1. The number of carbonyl (C=O) groups excluding carboxylic acids is 1. The van der Waals surface area contributed by atoms with E-state index >= 15 is 0 Å². The molecule has 82 valence electrons. The topological polar surface area (TPSA) is 75.4 Å². The Labute approximate surface area is 91.7 Å². The van der Waals surface area contributed by atoms with Gasteiger partial charge in [-0.1, -0.05) is 17.3 Å². The van der Waals surface area contributed by atoms with Crippen molar-refractivity contribution < 1.29 is 14.4 Å². The van der Waals surface area contributed by atoms with Gasteiger partial charge in [0.25, 0.3) is 5.91 Å². The van der Waals surface area contributed by atoms with Crippen molar-refractivity contribution in [3.05, 3.63) is 47.9 Å². The fourth-order valence-electron chi connectivity index (χ4n) is 1.26. The number of phenols is 1. The molecule has 0 radical (unpaired) electrons. The second kappa shape index (κ2) is 4.48. The molecule has 2 N–H and O–H groups in total. The Morgan fingerprint density at radius 1 is 1.38 bits per heavy atom. The summed E-state index contributed by atoms with van der Waals surface area (Å²) in [4.78, 5) is 11.6. The average molecular weight is 218 g/mol. The second-order valence-corrected chi connectivity index (χ2v) is 3.18. The highest BCUT2D eigenvalue weighted by Gasteiger charge is 2.10. The van der Waals surface area contributed by atoms with Gasteiger partial charge in [-0.15, -0.1) is 0 Å². The molecule has 0 aliphatic carbocycles. The molecule has 2 aromatic rings. The third-order valence-corrected chi connectivity index (χ3v) is 2.06. The molecule has 0 saturated carbocycles. The normalized spacial score (nSPS) is 10.0. The number of benzene rings is 1. The maximum atomic E-state index is 11.6. The smallest absolute Gasteiger partial charge is 0.255 e. The van der Waals surface area contributed by atoms with Gasteiger partial charge in [0.05, 0.1) is 18.3 Å². The molecule has 5 nitrogen and oxygen atoms in total. The van der Waals surface area contributed by atoms with Gasteiger partial charge in [-0.2, -0.15) is 0 Å². The van der Waals surface area contributed by atoms with E-state index in [9.17, 15) is 9.90 Å². The van der Waals surface area contributed by atoms with Crippen molar-refractivity contribution in [1.82, 2.24) is 10.5 Å². The lowest BCUT2D eigenvalue weighted by Gasteiger charge is -2.04. The van der Waals surface area contributed by atoms with Crippen LogP contribution in [0.1, 0.15) is 16.1 Å². The lowest BCUT2D eigenvalue weighted by molar-refractivity contribution is 0.0944. The lowest BCUT2D eigenvalue weighted by Crippen LogP contribution is -2.22. The minimum atomic E-state index is -0.352. The Hall–Kier alpha value is -2.30. The Morgan fingerprint density at radius 3 is 2.88 bits per heavy atom. The monoisotopic (exact) mass is 218 g/mol. The van der Waals surface area contributed by atoms with Crippen molar-refractivity contribution in [2.24, 2.45) is 0 Å². The maximum Gasteiger partial charge on any atom is 0.255 e. The molecule has 0 spiro atoms. The minimum Gasteiger partial charge on any atom is -0.507 e. The first-order valence-electron chi connectivity index (χ1n) is 4.73. The van der Waals surface area contributed by atoms with Crippen molar-refractivity contribution in [1.29, 1.82) is 0 Å². The Balaban J connectivity index is 2.01. The first kappa shape index (κ1) is 10.2. The van der Waals surface area contributed by atoms with Gasteiger partial charge >= 0.3 is 0 Å². The molecular formula is C11H10N2O3. The van der Waals surface area contributed by atoms with Crippen molar-refractivity contribution in [2.45, 2.75) is 6.54 Å². The summed E-state index contributed by atoms with van der Waals surface area (Å²) in [7, 11) is 0. The minimum absolute atomic E-state index is 0.0439. The summed E-state index contributed by atoms with van der Waals surface area (Å²) in [5.74, 6) is 0.163. The number of aromatic hydroxyl groups is 1. The van der Waals surface area contributed by atoms with E-state index in [-0.39, 0.29) is 23.8 Å².